The van der Waals surface area contributed by atoms with Crippen molar-refractivity contribution in [3.63, 3.8) is 0 Å². The summed E-state index contributed by atoms with van der Waals surface area (Å²) in [4.78, 5) is 22.0. The van der Waals surface area contributed by atoms with Crippen LogP contribution in [0, 0.1) is 12.7 Å². The minimum atomic E-state index is -0.242. The van der Waals surface area contributed by atoms with Crippen molar-refractivity contribution in [1.82, 2.24) is 14.5 Å². The lowest BCUT2D eigenvalue weighted by Gasteiger charge is -2.36. The van der Waals surface area contributed by atoms with Crippen molar-refractivity contribution in [2.75, 3.05) is 31.1 Å². The third kappa shape index (κ3) is 5.00. The molecule has 0 radical (unpaired) electrons. The van der Waals surface area contributed by atoms with E-state index in [1.165, 1.54) is 11.6 Å². The number of aromatic nitrogens is 2. The first-order valence-corrected chi connectivity index (χ1v) is 12.3. The number of fused-ring (bicyclic) bond motifs is 1. The van der Waals surface area contributed by atoms with Crippen molar-refractivity contribution in [3.8, 4) is 0 Å². The highest BCUT2D eigenvalue weighted by Gasteiger charge is 2.24. The largest absolute Gasteiger partial charge is 0.366 e. The first-order valence-electron chi connectivity index (χ1n) is 11.6. The van der Waals surface area contributed by atoms with E-state index in [0.717, 1.165) is 16.9 Å². The number of nitrogens with zero attached hydrogens (tertiary/aromatic N) is 4. The van der Waals surface area contributed by atoms with Crippen LogP contribution in [0.15, 0.2) is 60.7 Å². The number of halogens is 3. The van der Waals surface area contributed by atoms with Crippen LogP contribution in [0.2, 0.25) is 10.0 Å². The summed E-state index contributed by atoms with van der Waals surface area (Å²) in [5.74, 6) is 0.532. The molecule has 0 unspecified atom stereocenters. The molecule has 8 heteroatoms. The predicted molar refractivity (Wildman–Crippen MR) is 139 cm³/mol. The summed E-state index contributed by atoms with van der Waals surface area (Å²) < 4.78 is 16.1. The lowest BCUT2D eigenvalue weighted by atomic mass is 10.1. The lowest BCUT2D eigenvalue weighted by molar-refractivity contribution is -0.132. The fourth-order valence-electron chi connectivity index (χ4n) is 4.63. The monoisotopic (exact) mass is 510 g/mol. The number of rotatable bonds is 5. The molecule has 0 spiro atoms. The van der Waals surface area contributed by atoms with Crippen LogP contribution in [-0.2, 0) is 17.8 Å². The van der Waals surface area contributed by atoms with Gasteiger partial charge in [-0.15, -0.1) is 0 Å². The Morgan fingerprint density at radius 3 is 2.46 bits per heavy atom. The summed E-state index contributed by atoms with van der Waals surface area (Å²) in [6.45, 7) is 4.41. The molecule has 0 bridgehead atoms. The van der Waals surface area contributed by atoms with Crippen LogP contribution in [0.3, 0.4) is 0 Å². The highest BCUT2D eigenvalue weighted by molar-refractivity contribution is 6.42. The number of anilines is 1. The second-order valence-corrected chi connectivity index (χ2v) is 9.67. The molecule has 0 saturated carbocycles. The Morgan fingerprint density at radius 1 is 0.971 bits per heavy atom. The molecule has 0 N–H and O–H groups in total. The Bertz CT molecular complexity index is 1400. The first kappa shape index (κ1) is 23.6. The van der Waals surface area contributed by atoms with Crippen molar-refractivity contribution in [3.05, 3.63) is 93.5 Å². The van der Waals surface area contributed by atoms with E-state index in [1.54, 1.807) is 24.3 Å². The maximum absolute atomic E-state index is 14.2. The molecule has 1 saturated heterocycles. The van der Waals surface area contributed by atoms with Gasteiger partial charge in [-0.3, -0.25) is 4.79 Å². The number of piperazine rings is 1. The van der Waals surface area contributed by atoms with Gasteiger partial charge in [0.1, 0.15) is 18.2 Å². The number of hydrogen-bond acceptors (Lipinski definition) is 3. The van der Waals surface area contributed by atoms with E-state index in [0.29, 0.717) is 53.8 Å². The van der Waals surface area contributed by atoms with Crippen LogP contribution in [-0.4, -0.2) is 46.5 Å². The Labute approximate surface area is 213 Å². The molecule has 3 aromatic carbocycles. The van der Waals surface area contributed by atoms with E-state index in [4.69, 9.17) is 28.2 Å². The number of carbonyl (C=O) groups is 1. The zero-order chi connectivity index (χ0) is 24.5. The van der Waals surface area contributed by atoms with Crippen molar-refractivity contribution in [2.24, 2.45) is 0 Å². The molecule has 35 heavy (non-hydrogen) atoms. The summed E-state index contributed by atoms with van der Waals surface area (Å²) >= 11 is 12.6. The molecule has 1 fully saturated rings. The minimum Gasteiger partial charge on any atom is -0.366 e. The van der Waals surface area contributed by atoms with Gasteiger partial charge >= 0.3 is 0 Å². The fraction of sp³-hybridized carbons (Fsp3) is 0.259. The normalized spacial score (nSPS) is 14.1. The summed E-state index contributed by atoms with van der Waals surface area (Å²) in [5.41, 5.74) is 4.34. The number of aryl methyl sites for hydroxylation is 1. The van der Waals surface area contributed by atoms with Gasteiger partial charge < -0.3 is 14.4 Å². The van der Waals surface area contributed by atoms with Crippen LogP contribution in [0.25, 0.3) is 11.0 Å². The molecule has 1 aliphatic heterocycles. The highest BCUT2D eigenvalue weighted by atomic mass is 35.5. The first-order chi connectivity index (χ1) is 16.9. The standard InChI is InChI=1S/C27H25Cl2FN4O/c1-18-5-4-6-19(13-18)14-26-31-23-15-20(28)21(29)16-25(23)34(26)17-27(35)33-11-9-32(10-12-33)24-8-3-2-7-22(24)30/h2-8,13,15-16H,9-12,14,17H2,1H3. The average Bonchev–Trinajstić information content (AvgIpc) is 3.15. The van der Waals surface area contributed by atoms with Crippen LogP contribution in [0.4, 0.5) is 10.1 Å². The Balaban J connectivity index is 1.38. The molecule has 5 nitrogen and oxygen atoms in total. The Morgan fingerprint density at radius 2 is 1.71 bits per heavy atom. The summed E-state index contributed by atoms with van der Waals surface area (Å²) in [5, 5.41) is 0.856. The van der Waals surface area contributed by atoms with E-state index in [9.17, 15) is 9.18 Å². The van der Waals surface area contributed by atoms with Crippen LogP contribution >= 0.6 is 23.2 Å². The molecule has 4 aromatic rings. The van der Waals surface area contributed by atoms with Gasteiger partial charge in [-0.25, -0.2) is 9.37 Å². The molecule has 5 rings (SSSR count). The number of carbonyl (C=O) groups excluding carboxylic acids is 1. The topological polar surface area (TPSA) is 41.4 Å². The zero-order valence-electron chi connectivity index (χ0n) is 19.3. The lowest BCUT2D eigenvalue weighted by Crippen LogP contribution is -2.49. The quantitative estimate of drug-likeness (QED) is 0.344. The maximum Gasteiger partial charge on any atom is 0.242 e. The maximum atomic E-state index is 14.2. The molecule has 1 amide bonds. The van der Waals surface area contributed by atoms with Gasteiger partial charge in [0.05, 0.1) is 26.8 Å². The second-order valence-electron chi connectivity index (χ2n) is 8.85. The third-order valence-corrected chi connectivity index (χ3v) is 7.16. The van der Waals surface area contributed by atoms with E-state index in [2.05, 4.69) is 25.1 Å². The number of amides is 1. The molecular formula is C27H25Cl2FN4O. The average molecular weight is 511 g/mol. The SMILES string of the molecule is Cc1cccc(Cc2nc3cc(Cl)c(Cl)cc3n2CC(=O)N2CCN(c3ccccc3F)CC2)c1. The highest BCUT2D eigenvalue weighted by Crippen LogP contribution is 2.29. The molecule has 0 atom stereocenters. The number of imidazole rings is 1. The van der Waals surface area contributed by atoms with Crippen LogP contribution < -0.4 is 4.90 Å². The van der Waals surface area contributed by atoms with E-state index in [-0.39, 0.29) is 18.3 Å². The summed E-state index contributed by atoms with van der Waals surface area (Å²) in [7, 11) is 0. The molecule has 2 heterocycles. The number of benzene rings is 3. The van der Waals surface area contributed by atoms with E-state index >= 15 is 0 Å². The number of para-hydroxylation sites is 1. The molecule has 1 aliphatic rings. The van der Waals surface area contributed by atoms with Crippen molar-refractivity contribution < 1.29 is 9.18 Å². The zero-order valence-corrected chi connectivity index (χ0v) is 20.9. The second kappa shape index (κ2) is 9.88. The predicted octanol–water partition coefficient (Wildman–Crippen LogP) is 5.73. The van der Waals surface area contributed by atoms with Gasteiger partial charge in [-0.05, 0) is 36.8 Å². The van der Waals surface area contributed by atoms with Crippen molar-refractivity contribution in [1.29, 1.82) is 0 Å². The van der Waals surface area contributed by atoms with E-state index in [1.807, 2.05) is 26.5 Å². The van der Waals surface area contributed by atoms with Crippen LogP contribution in [0.5, 0.6) is 0 Å². The molecule has 180 valence electrons. The minimum absolute atomic E-state index is 0.00551. The van der Waals surface area contributed by atoms with Gasteiger partial charge in [-0.1, -0.05) is 65.2 Å². The van der Waals surface area contributed by atoms with Gasteiger partial charge in [0, 0.05) is 32.6 Å². The number of hydrogen-bond donors (Lipinski definition) is 0. The smallest absolute Gasteiger partial charge is 0.242 e. The van der Waals surface area contributed by atoms with Crippen molar-refractivity contribution in [2.45, 2.75) is 19.9 Å². The Kier molecular flexibility index (Phi) is 6.67. The van der Waals surface area contributed by atoms with Gasteiger partial charge in [0.15, 0.2) is 0 Å². The van der Waals surface area contributed by atoms with Crippen molar-refractivity contribution >= 4 is 45.8 Å². The Hall–Kier alpha value is -3.09. The van der Waals surface area contributed by atoms with Gasteiger partial charge in [-0.2, -0.15) is 0 Å². The van der Waals surface area contributed by atoms with Crippen LogP contribution in [0.1, 0.15) is 17.0 Å². The van der Waals surface area contributed by atoms with Gasteiger partial charge in [0.25, 0.3) is 0 Å². The third-order valence-electron chi connectivity index (χ3n) is 6.43. The molecular weight excluding hydrogens is 486 g/mol. The molecule has 0 aliphatic carbocycles. The fourth-order valence-corrected chi connectivity index (χ4v) is 4.94. The summed E-state index contributed by atoms with van der Waals surface area (Å²) in [6.07, 6.45) is 0.583. The molecule has 1 aromatic heterocycles. The van der Waals surface area contributed by atoms with Gasteiger partial charge in [0.2, 0.25) is 5.91 Å². The summed E-state index contributed by atoms with van der Waals surface area (Å²) in [6, 6.07) is 18.5. The van der Waals surface area contributed by atoms with E-state index < -0.39 is 0 Å².